The molecule has 3 aromatic carbocycles. The first kappa shape index (κ1) is 14.1. The number of anilines is 1. The highest BCUT2D eigenvalue weighted by molar-refractivity contribution is 14.1. The van der Waals surface area contributed by atoms with E-state index < -0.39 is 0 Å². The van der Waals surface area contributed by atoms with Crippen molar-refractivity contribution in [1.82, 2.24) is 0 Å². The summed E-state index contributed by atoms with van der Waals surface area (Å²) in [5.41, 5.74) is 1.87. The summed E-state index contributed by atoms with van der Waals surface area (Å²) in [6.07, 6.45) is 0.385. The predicted octanol–water partition coefficient (Wildman–Crippen LogP) is 4.63. The number of hydrogen-bond acceptors (Lipinski definition) is 1. The minimum absolute atomic E-state index is 0.00674. The van der Waals surface area contributed by atoms with Crippen LogP contribution in [0.3, 0.4) is 0 Å². The molecule has 0 aliphatic rings. The molecule has 0 bridgehead atoms. The normalized spacial score (nSPS) is 10.5. The topological polar surface area (TPSA) is 29.1 Å². The highest BCUT2D eigenvalue weighted by Gasteiger charge is 2.05. The molecule has 3 heteroatoms. The summed E-state index contributed by atoms with van der Waals surface area (Å²) in [5, 5.41) is 5.29. The molecule has 21 heavy (non-hydrogen) atoms. The summed E-state index contributed by atoms with van der Waals surface area (Å²) in [5.74, 6) is 0.00674. The molecule has 0 aliphatic heterocycles. The highest BCUT2D eigenvalue weighted by Crippen LogP contribution is 2.17. The zero-order valence-corrected chi connectivity index (χ0v) is 13.5. The third-order valence-corrected chi connectivity index (χ3v) is 3.96. The summed E-state index contributed by atoms with van der Waals surface area (Å²) in [7, 11) is 0. The van der Waals surface area contributed by atoms with E-state index in [4.69, 9.17) is 0 Å². The molecule has 0 aliphatic carbocycles. The van der Waals surface area contributed by atoms with Crippen LogP contribution < -0.4 is 5.32 Å². The van der Waals surface area contributed by atoms with E-state index in [1.165, 1.54) is 5.39 Å². The predicted molar refractivity (Wildman–Crippen MR) is 95.4 cm³/mol. The fourth-order valence-corrected chi connectivity index (χ4v) is 2.85. The van der Waals surface area contributed by atoms with Crippen LogP contribution in [-0.4, -0.2) is 5.91 Å². The van der Waals surface area contributed by atoms with Gasteiger partial charge in [0.25, 0.3) is 0 Å². The second kappa shape index (κ2) is 6.26. The number of benzene rings is 3. The molecule has 0 fully saturated rings. The smallest absolute Gasteiger partial charge is 0.228 e. The van der Waals surface area contributed by atoms with Crippen molar-refractivity contribution in [3.8, 4) is 0 Å². The minimum atomic E-state index is 0.00674. The Kier molecular flexibility index (Phi) is 4.20. The quantitative estimate of drug-likeness (QED) is 0.653. The molecule has 104 valence electrons. The maximum atomic E-state index is 12.1. The van der Waals surface area contributed by atoms with Crippen LogP contribution in [0.2, 0.25) is 0 Å². The van der Waals surface area contributed by atoms with Crippen molar-refractivity contribution < 1.29 is 4.79 Å². The zero-order chi connectivity index (χ0) is 14.7. The van der Waals surface area contributed by atoms with E-state index in [1.807, 2.05) is 42.5 Å². The van der Waals surface area contributed by atoms with Crippen LogP contribution in [0.5, 0.6) is 0 Å². The number of hydrogen-bond donors (Lipinski definition) is 1. The molecule has 0 spiro atoms. The summed E-state index contributed by atoms with van der Waals surface area (Å²) >= 11 is 2.23. The highest BCUT2D eigenvalue weighted by atomic mass is 127. The van der Waals surface area contributed by atoms with E-state index in [2.05, 4.69) is 52.2 Å². The molecule has 3 rings (SSSR count). The van der Waals surface area contributed by atoms with E-state index in [0.717, 1.165) is 20.2 Å². The van der Waals surface area contributed by atoms with Gasteiger partial charge >= 0.3 is 0 Å². The van der Waals surface area contributed by atoms with Gasteiger partial charge < -0.3 is 5.32 Å². The first-order valence-electron chi connectivity index (χ1n) is 6.74. The van der Waals surface area contributed by atoms with Crippen molar-refractivity contribution in [2.75, 3.05) is 5.32 Å². The molecule has 0 aromatic heterocycles. The lowest BCUT2D eigenvalue weighted by atomic mass is 10.0. The Hall–Kier alpha value is -1.88. The van der Waals surface area contributed by atoms with Crippen molar-refractivity contribution in [1.29, 1.82) is 0 Å². The second-order valence-corrected chi connectivity index (χ2v) is 6.16. The lowest BCUT2D eigenvalue weighted by molar-refractivity contribution is -0.115. The van der Waals surface area contributed by atoms with Gasteiger partial charge in [-0.1, -0.05) is 48.5 Å². The minimum Gasteiger partial charge on any atom is -0.326 e. The van der Waals surface area contributed by atoms with Crippen LogP contribution in [0.15, 0.2) is 66.7 Å². The Bertz CT molecular complexity index is 798. The number of fused-ring (bicyclic) bond motifs is 1. The van der Waals surface area contributed by atoms with Gasteiger partial charge in [-0.2, -0.15) is 0 Å². The molecular formula is C18H14INO. The van der Waals surface area contributed by atoms with Crippen LogP contribution in [0, 0.1) is 3.57 Å². The van der Waals surface area contributed by atoms with Gasteiger partial charge in [0.15, 0.2) is 0 Å². The second-order valence-electron chi connectivity index (χ2n) is 4.92. The fourth-order valence-electron chi connectivity index (χ4n) is 2.31. The molecule has 3 aromatic rings. The summed E-state index contributed by atoms with van der Waals surface area (Å²) in [4.78, 5) is 12.1. The van der Waals surface area contributed by atoms with Gasteiger partial charge in [0.1, 0.15) is 0 Å². The van der Waals surface area contributed by atoms with E-state index in [-0.39, 0.29) is 5.91 Å². The Labute approximate surface area is 137 Å². The molecule has 0 heterocycles. The van der Waals surface area contributed by atoms with Crippen molar-refractivity contribution >= 4 is 45.0 Å². The maximum absolute atomic E-state index is 12.1. The summed E-state index contributed by atoms with van der Waals surface area (Å²) in [6.45, 7) is 0. The molecular weight excluding hydrogens is 373 g/mol. The van der Waals surface area contributed by atoms with Gasteiger partial charge in [0.05, 0.1) is 6.42 Å². The van der Waals surface area contributed by atoms with Gasteiger partial charge in [-0.3, -0.25) is 4.79 Å². The van der Waals surface area contributed by atoms with Gasteiger partial charge in [-0.15, -0.1) is 0 Å². The average Bonchev–Trinajstić information content (AvgIpc) is 2.47. The van der Waals surface area contributed by atoms with Gasteiger partial charge in [0.2, 0.25) is 5.91 Å². The Morgan fingerprint density at radius 2 is 1.71 bits per heavy atom. The summed E-state index contributed by atoms with van der Waals surface area (Å²) in [6, 6.07) is 22.1. The molecule has 0 radical (unpaired) electrons. The number of halogens is 1. The van der Waals surface area contributed by atoms with E-state index >= 15 is 0 Å². The Balaban J connectivity index is 1.74. The third kappa shape index (κ3) is 3.61. The third-order valence-electron chi connectivity index (χ3n) is 3.29. The number of carbonyl (C=O) groups is 1. The SMILES string of the molecule is O=C(Cc1ccc2ccccc2c1)Nc1cccc(I)c1. The van der Waals surface area contributed by atoms with Crippen LogP contribution in [0.1, 0.15) is 5.56 Å². The average molecular weight is 387 g/mol. The lowest BCUT2D eigenvalue weighted by Crippen LogP contribution is -2.14. The first-order chi connectivity index (χ1) is 10.2. The summed E-state index contributed by atoms with van der Waals surface area (Å²) < 4.78 is 1.11. The molecule has 1 amide bonds. The van der Waals surface area contributed by atoms with E-state index in [1.54, 1.807) is 0 Å². The zero-order valence-electron chi connectivity index (χ0n) is 11.3. The molecule has 0 saturated carbocycles. The van der Waals surface area contributed by atoms with Gasteiger partial charge in [-0.05, 0) is 57.1 Å². The van der Waals surface area contributed by atoms with Crippen LogP contribution in [0.25, 0.3) is 10.8 Å². The number of nitrogens with one attached hydrogen (secondary N) is 1. The van der Waals surface area contributed by atoms with Crippen molar-refractivity contribution in [3.05, 3.63) is 75.9 Å². The number of rotatable bonds is 3. The van der Waals surface area contributed by atoms with Crippen LogP contribution >= 0.6 is 22.6 Å². The van der Waals surface area contributed by atoms with Crippen LogP contribution in [-0.2, 0) is 11.2 Å². The largest absolute Gasteiger partial charge is 0.326 e. The molecule has 0 atom stereocenters. The van der Waals surface area contributed by atoms with E-state index in [9.17, 15) is 4.79 Å². The van der Waals surface area contributed by atoms with Crippen molar-refractivity contribution in [2.45, 2.75) is 6.42 Å². The number of carbonyl (C=O) groups excluding carboxylic acids is 1. The van der Waals surface area contributed by atoms with Crippen molar-refractivity contribution in [2.24, 2.45) is 0 Å². The molecule has 0 unspecified atom stereocenters. The van der Waals surface area contributed by atoms with Crippen molar-refractivity contribution in [3.63, 3.8) is 0 Å². The first-order valence-corrected chi connectivity index (χ1v) is 7.82. The number of amides is 1. The Morgan fingerprint density at radius 3 is 2.52 bits per heavy atom. The fraction of sp³-hybridized carbons (Fsp3) is 0.0556. The van der Waals surface area contributed by atoms with Gasteiger partial charge in [0, 0.05) is 9.26 Å². The van der Waals surface area contributed by atoms with E-state index in [0.29, 0.717) is 6.42 Å². The standard InChI is InChI=1S/C18H14INO/c19-16-6-3-7-17(12-16)20-18(21)11-13-8-9-14-4-1-2-5-15(14)10-13/h1-10,12H,11H2,(H,20,21). The molecule has 2 nitrogen and oxygen atoms in total. The van der Waals surface area contributed by atoms with Crippen LogP contribution in [0.4, 0.5) is 5.69 Å². The molecule has 0 saturated heterocycles. The monoisotopic (exact) mass is 387 g/mol. The lowest BCUT2D eigenvalue weighted by Gasteiger charge is -2.07. The van der Waals surface area contributed by atoms with Gasteiger partial charge in [-0.25, -0.2) is 0 Å². The Morgan fingerprint density at radius 1 is 0.905 bits per heavy atom. The molecule has 1 N–H and O–H groups in total. The maximum Gasteiger partial charge on any atom is 0.228 e.